The van der Waals surface area contributed by atoms with Crippen LogP contribution in [0.25, 0.3) is 0 Å². The van der Waals surface area contributed by atoms with Crippen LogP contribution in [0.15, 0.2) is 10.6 Å². The van der Waals surface area contributed by atoms with Gasteiger partial charge < -0.3 is 9.84 Å². The van der Waals surface area contributed by atoms with Crippen molar-refractivity contribution in [3.63, 3.8) is 0 Å². The van der Waals surface area contributed by atoms with Crippen molar-refractivity contribution in [1.82, 2.24) is 15.5 Å². The van der Waals surface area contributed by atoms with Crippen molar-refractivity contribution in [3.8, 4) is 0 Å². The molecule has 2 heterocycles. The average Bonchev–Trinajstić information content (AvgIpc) is 2.85. The van der Waals surface area contributed by atoms with Gasteiger partial charge in [0.25, 0.3) is 0 Å². The van der Waals surface area contributed by atoms with Gasteiger partial charge in [0.15, 0.2) is 5.82 Å². The molecule has 0 aliphatic carbocycles. The molecule has 18 heavy (non-hydrogen) atoms. The van der Waals surface area contributed by atoms with Gasteiger partial charge in [0.05, 0.1) is 8.67 Å². The zero-order valence-corrected chi connectivity index (χ0v) is 12.4. The van der Waals surface area contributed by atoms with Crippen LogP contribution in [0.1, 0.15) is 30.2 Å². The van der Waals surface area contributed by atoms with Gasteiger partial charge in [-0.2, -0.15) is 4.98 Å². The number of rotatable bonds is 5. The fraction of sp³-hybridized carbons (Fsp3) is 0.455. The number of thiophene rings is 1. The first-order valence-electron chi connectivity index (χ1n) is 5.53. The maximum absolute atomic E-state index is 6.09. The molecule has 0 radical (unpaired) electrons. The summed E-state index contributed by atoms with van der Waals surface area (Å²) in [6.07, 6.45) is 0.695. The van der Waals surface area contributed by atoms with Crippen molar-refractivity contribution < 1.29 is 4.52 Å². The molecule has 1 unspecified atom stereocenters. The van der Waals surface area contributed by atoms with Gasteiger partial charge in [0.2, 0.25) is 5.89 Å². The molecule has 1 atom stereocenters. The van der Waals surface area contributed by atoms with E-state index in [9.17, 15) is 0 Å². The highest BCUT2D eigenvalue weighted by atomic mass is 35.5. The summed E-state index contributed by atoms with van der Waals surface area (Å²) in [6.45, 7) is 4.59. The van der Waals surface area contributed by atoms with Crippen LogP contribution >= 0.6 is 34.5 Å². The summed E-state index contributed by atoms with van der Waals surface area (Å²) in [4.78, 5) is 4.14. The Morgan fingerprint density at radius 2 is 2.28 bits per heavy atom. The smallest absolute Gasteiger partial charge is 0.227 e. The normalized spacial score (nSPS) is 12.9. The van der Waals surface area contributed by atoms with E-state index in [1.807, 2.05) is 13.0 Å². The molecule has 2 rings (SSSR count). The summed E-state index contributed by atoms with van der Waals surface area (Å²) in [5.74, 6) is 1.30. The minimum atomic E-state index is 0.144. The van der Waals surface area contributed by atoms with Gasteiger partial charge in [0, 0.05) is 19.0 Å². The van der Waals surface area contributed by atoms with Crippen LogP contribution < -0.4 is 5.32 Å². The van der Waals surface area contributed by atoms with E-state index in [0.29, 0.717) is 22.5 Å². The molecule has 0 fully saturated rings. The Morgan fingerprint density at radius 1 is 1.50 bits per heavy atom. The summed E-state index contributed by atoms with van der Waals surface area (Å²) in [7, 11) is 0. The summed E-state index contributed by atoms with van der Waals surface area (Å²) in [6, 6.07) is 2.04. The maximum atomic E-state index is 6.09. The fourth-order valence-corrected chi connectivity index (χ4v) is 3.24. The predicted octanol–water partition coefficient (Wildman–Crippen LogP) is 3.64. The molecule has 7 heteroatoms. The summed E-state index contributed by atoms with van der Waals surface area (Å²) >= 11 is 13.4. The molecule has 1 N–H and O–H groups in total. The van der Waals surface area contributed by atoms with Crippen molar-refractivity contribution >= 4 is 34.5 Å². The Hall–Kier alpha value is -0.620. The third kappa shape index (κ3) is 3.45. The average molecular weight is 306 g/mol. The molecule has 0 spiro atoms. The van der Waals surface area contributed by atoms with Crippen LogP contribution in [0.2, 0.25) is 8.67 Å². The zero-order valence-electron chi connectivity index (χ0n) is 10.0. The number of hydrogen-bond donors (Lipinski definition) is 1. The molecular weight excluding hydrogens is 293 g/mol. The first-order chi connectivity index (χ1) is 8.56. The molecule has 0 bridgehead atoms. The Bertz CT molecular complexity index is 526. The molecule has 0 aliphatic heterocycles. The number of nitrogens with zero attached hydrogens (tertiary/aromatic N) is 2. The van der Waals surface area contributed by atoms with E-state index in [0.717, 1.165) is 16.4 Å². The van der Waals surface area contributed by atoms with Crippen LogP contribution in [0.5, 0.6) is 0 Å². The molecule has 98 valence electrons. The van der Waals surface area contributed by atoms with Crippen LogP contribution in [0, 0.1) is 6.92 Å². The lowest BCUT2D eigenvalue weighted by molar-refractivity contribution is 0.370. The summed E-state index contributed by atoms with van der Waals surface area (Å²) in [5.41, 5.74) is 1.02. The molecule has 0 saturated carbocycles. The van der Waals surface area contributed by atoms with Gasteiger partial charge in [-0.05, 0) is 25.5 Å². The summed E-state index contributed by atoms with van der Waals surface area (Å²) in [5, 5.41) is 7.09. The van der Waals surface area contributed by atoms with Gasteiger partial charge in [-0.25, -0.2) is 0 Å². The van der Waals surface area contributed by atoms with Crippen molar-refractivity contribution in [2.24, 2.45) is 0 Å². The highest BCUT2D eigenvalue weighted by Crippen LogP contribution is 2.34. The first-order valence-corrected chi connectivity index (χ1v) is 7.11. The third-order valence-electron chi connectivity index (χ3n) is 2.51. The Labute approximate surface area is 119 Å². The van der Waals surface area contributed by atoms with Gasteiger partial charge >= 0.3 is 0 Å². The second kappa shape index (κ2) is 6.02. The van der Waals surface area contributed by atoms with E-state index in [1.165, 1.54) is 11.3 Å². The predicted molar refractivity (Wildman–Crippen MR) is 73.5 cm³/mol. The molecule has 2 aromatic heterocycles. The van der Waals surface area contributed by atoms with E-state index < -0.39 is 0 Å². The van der Waals surface area contributed by atoms with Crippen molar-refractivity contribution in [3.05, 3.63) is 32.0 Å². The number of halogens is 2. The van der Waals surface area contributed by atoms with Gasteiger partial charge in [-0.1, -0.05) is 28.4 Å². The Kier molecular flexibility index (Phi) is 4.61. The van der Waals surface area contributed by atoms with E-state index in [-0.39, 0.29) is 6.04 Å². The number of hydrogen-bond acceptors (Lipinski definition) is 5. The molecule has 0 aromatic carbocycles. The van der Waals surface area contributed by atoms with Crippen LogP contribution in [-0.2, 0) is 6.42 Å². The largest absolute Gasteiger partial charge is 0.339 e. The first kappa shape index (κ1) is 13.8. The van der Waals surface area contributed by atoms with Crippen molar-refractivity contribution in [1.29, 1.82) is 0 Å². The lowest BCUT2D eigenvalue weighted by atomic mass is 10.2. The summed E-state index contributed by atoms with van der Waals surface area (Å²) < 4.78 is 6.47. The molecule has 4 nitrogen and oxygen atoms in total. The van der Waals surface area contributed by atoms with E-state index >= 15 is 0 Å². The van der Waals surface area contributed by atoms with E-state index in [4.69, 9.17) is 27.7 Å². The lowest BCUT2D eigenvalue weighted by Crippen LogP contribution is -2.21. The zero-order chi connectivity index (χ0) is 13.1. The third-order valence-corrected chi connectivity index (χ3v) is 4.03. The standard InChI is InChI=1S/C11H13Cl2N3OS/c1-6(8-5-9(12)18-11(8)13)14-4-3-10-15-7(2)16-17-10/h5-6,14H,3-4H2,1-2H3. The molecule has 0 saturated heterocycles. The van der Waals surface area contributed by atoms with Gasteiger partial charge in [0.1, 0.15) is 0 Å². The van der Waals surface area contributed by atoms with Crippen molar-refractivity contribution in [2.45, 2.75) is 26.3 Å². The maximum Gasteiger partial charge on any atom is 0.227 e. The van der Waals surface area contributed by atoms with Crippen LogP contribution in [-0.4, -0.2) is 16.7 Å². The van der Waals surface area contributed by atoms with Gasteiger partial charge in [-0.15, -0.1) is 11.3 Å². The quantitative estimate of drug-likeness (QED) is 0.916. The van der Waals surface area contributed by atoms with E-state index in [2.05, 4.69) is 15.5 Å². The molecule has 2 aromatic rings. The minimum absolute atomic E-state index is 0.144. The SMILES string of the molecule is Cc1noc(CCNC(C)c2cc(Cl)sc2Cl)n1. The fourth-order valence-electron chi connectivity index (χ4n) is 1.60. The molecule has 0 aliphatic rings. The highest BCUT2D eigenvalue weighted by Gasteiger charge is 2.13. The second-order valence-corrected chi connectivity index (χ2v) is 6.23. The van der Waals surface area contributed by atoms with Gasteiger partial charge in [-0.3, -0.25) is 0 Å². The minimum Gasteiger partial charge on any atom is -0.339 e. The van der Waals surface area contributed by atoms with E-state index in [1.54, 1.807) is 6.92 Å². The van der Waals surface area contributed by atoms with Crippen LogP contribution in [0.4, 0.5) is 0 Å². The molecule has 0 amide bonds. The monoisotopic (exact) mass is 305 g/mol. The number of nitrogens with one attached hydrogen (secondary N) is 1. The topological polar surface area (TPSA) is 51.0 Å². The number of aryl methyl sites for hydroxylation is 1. The lowest BCUT2D eigenvalue weighted by Gasteiger charge is -2.11. The van der Waals surface area contributed by atoms with Crippen molar-refractivity contribution in [2.75, 3.05) is 6.54 Å². The number of aromatic nitrogens is 2. The highest BCUT2D eigenvalue weighted by molar-refractivity contribution is 7.20. The Morgan fingerprint density at radius 3 is 2.83 bits per heavy atom. The van der Waals surface area contributed by atoms with Crippen LogP contribution in [0.3, 0.4) is 0 Å². The Balaban J connectivity index is 1.85. The second-order valence-electron chi connectivity index (χ2n) is 3.94. The molecular formula is C11H13Cl2N3OS.